The first-order valence-electron chi connectivity index (χ1n) is 10.5. The standard InChI is InChI=1S/C26H27ClN2O/c27-24-11-9-19(10-12-24)17-25(28)26(30)29-15-13-21(14-16-29)23-8-4-7-22(18-23)20-5-2-1-3-6-20/h1-12,18,21,25H,13-17,28H2. The zero-order valence-corrected chi connectivity index (χ0v) is 17.8. The van der Waals surface area contributed by atoms with Crippen LogP contribution in [0.3, 0.4) is 0 Å². The molecular formula is C26H27ClN2O. The Morgan fingerprint density at radius 2 is 1.60 bits per heavy atom. The molecular weight excluding hydrogens is 392 g/mol. The van der Waals surface area contributed by atoms with E-state index in [1.165, 1.54) is 16.7 Å². The number of hydrogen-bond acceptors (Lipinski definition) is 2. The van der Waals surface area contributed by atoms with Gasteiger partial charge in [-0.1, -0.05) is 78.3 Å². The van der Waals surface area contributed by atoms with Crippen LogP contribution in [0.25, 0.3) is 11.1 Å². The van der Waals surface area contributed by atoms with E-state index in [1.54, 1.807) is 0 Å². The van der Waals surface area contributed by atoms with E-state index in [4.69, 9.17) is 17.3 Å². The van der Waals surface area contributed by atoms with Crippen molar-refractivity contribution < 1.29 is 4.79 Å². The van der Waals surface area contributed by atoms with Crippen molar-refractivity contribution in [1.82, 2.24) is 4.90 Å². The number of halogens is 1. The highest BCUT2D eigenvalue weighted by atomic mass is 35.5. The number of likely N-dealkylation sites (tertiary alicyclic amines) is 1. The van der Waals surface area contributed by atoms with E-state index in [-0.39, 0.29) is 5.91 Å². The monoisotopic (exact) mass is 418 g/mol. The molecule has 0 spiro atoms. The van der Waals surface area contributed by atoms with Gasteiger partial charge in [-0.2, -0.15) is 0 Å². The first-order valence-corrected chi connectivity index (χ1v) is 10.9. The number of carbonyl (C=O) groups excluding carboxylic acids is 1. The van der Waals surface area contributed by atoms with Crippen LogP contribution >= 0.6 is 11.6 Å². The van der Waals surface area contributed by atoms with Crippen molar-refractivity contribution in [2.24, 2.45) is 5.73 Å². The molecule has 1 unspecified atom stereocenters. The second kappa shape index (κ2) is 9.46. The Hall–Kier alpha value is -2.62. The lowest BCUT2D eigenvalue weighted by molar-refractivity contribution is -0.133. The largest absolute Gasteiger partial charge is 0.341 e. The van der Waals surface area contributed by atoms with E-state index < -0.39 is 6.04 Å². The van der Waals surface area contributed by atoms with Gasteiger partial charge in [0.05, 0.1) is 6.04 Å². The summed E-state index contributed by atoms with van der Waals surface area (Å²) in [6.07, 6.45) is 2.48. The van der Waals surface area contributed by atoms with Gasteiger partial charge in [-0.3, -0.25) is 4.79 Å². The lowest BCUT2D eigenvalue weighted by Crippen LogP contribution is -2.47. The van der Waals surface area contributed by atoms with Crippen LogP contribution in [0.5, 0.6) is 0 Å². The van der Waals surface area contributed by atoms with Gasteiger partial charge in [0, 0.05) is 18.1 Å². The summed E-state index contributed by atoms with van der Waals surface area (Å²) in [5.74, 6) is 0.520. The second-order valence-corrected chi connectivity index (χ2v) is 8.46. The average Bonchev–Trinajstić information content (AvgIpc) is 2.81. The highest BCUT2D eigenvalue weighted by molar-refractivity contribution is 6.30. The van der Waals surface area contributed by atoms with Gasteiger partial charge < -0.3 is 10.6 Å². The van der Waals surface area contributed by atoms with Crippen molar-refractivity contribution in [3.8, 4) is 11.1 Å². The quantitative estimate of drug-likeness (QED) is 0.612. The third-order valence-corrected chi connectivity index (χ3v) is 6.21. The fourth-order valence-electron chi connectivity index (χ4n) is 4.23. The molecule has 1 atom stereocenters. The zero-order chi connectivity index (χ0) is 20.9. The maximum Gasteiger partial charge on any atom is 0.239 e. The number of benzene rings is 3. The van der Waals surface area contributed by atoms with Crippen molar-refractivity contribution in [1.29, 1.82) is 0 Å². The van der Waals surface area contributed by atoms with E-state index in [1.807, 2.05) is 35.2 Å². The normalized spacial score (nSPS) is 15.7. The van der Waals surface area contributed by atoms with E-state index in [9.17, 15) is 4.79 Å². The molecule has 0 saturated carbocycles. The number of nitrogens with zero attached hydrogens (tertiary/aromatic N) is 1. The van der Waals surface area contributed by atoms with E-state index in [2.05, 4.69) is 48.5 Å². The summed E-state index contributed by atoms with van der Waals surface area (Å²) >= 11 is 5.93. The molecule has 3 aromatic rings. The van der Waals surface area contributed by atoms with E-state index >= 15 is 0 Å². The smallest absolute Gasteiger partial charge is 0.239 e. The number of hydrogen-bond donors (Lipinski definition) is 1. The lowest BCUT2D eigenvalue weighted by atomic mass is 9.87. The van der Waals surface area contributed by atoms with Crippen molar-refractivity contribution in [3.63, 3.8) is 0 Å². The molecule has 1 aliphatic heterocycles. The third kappa shape index (κ3) is 4.92. The first kappa shape index (κ1) is 20.6. The van der Waals surface area contributed by atoms with Crippen molar-refractivity contribution in [3.05, 3.63) is 95.0 Å². The van der Waals surface area contributed by atoms with Gasteiger partial charge in [0.1, 0.15) is 0 Å². The summed E-state index contributed by atoms with van der Waals surface area (Å²) in [6, 6.07) is 26.3. The molecule has 0 aliphatic carbocycles. The van der Waals surface area contributed by atoms with Crippen LogP contribution in [0.2, 0.25) is 5.02 Å². The molecule has 1 fully saturated rings. The highest BCUT2D eigenvalue weighted by Crippen LogP contribution is 2.31. The predicted molar refractivity (Wildman–Crippen MR) is 124 cm³/mol. The van der Waals surface area contributed by atoms with Crippen LogP contribution in [0.15, 0.2) is 78.9 Å². The molecule has 0 aromatic heterocycles. The topological polar surface area (TPSA) is 46.3 Å². The Labute approximate surface area is 183 Å². The van der Waals surface area contributed by atoms with Gasteiger partial charge in [0.25, 0.3) is 0 Å². The lowest BCUT2D eigenvalue weighted by Gasteiger charge is -2.34. The molecule has 0 bridgehead atoms. The summed E-state index contributed by atoms with van der Waals surface area (Å²) in [6.45, 7) is 1.51. The molecule has 2 N–H and O–H groups in total. The highest BCUT2D eigenvalue weighted by Gasteiger charge is 2.27. The molecule has 30 heavy (non-hydrogen) atoms. The maximum absolute atomic E-state index is 12.8. The summed E-state index contributed by atoms with van der Waals surface area (Å²) < 4.78 is 0. The van der Waals surface area contributed by atoms with Gasteiger partial charge in [0.2, 0.25) is 5.91 Å². The Morgan fingerprint density at radius 3 is 2.30 bits per heavy atom. The van der Waals surface area contributed by atoms with E-state index in [0.717, 1.165) is 31.5 Å². The first-order chi connectivity index (χ1) is 14.6. The molecule has 3 nitrogen and oxygen atoms in total. The fourth-order valence-corrected chi connectivity index (χ4v) is 4.36. The SMILES string of the molecule is NC(Cc1ccc(Cl)cc1)C(=O)N1CCC(c2cccc(-c3ccccc3)c2)CC1. The Bertz CT molecular complexity index is 979. The average molecular weight is 419 g/mol. The van der Waals surface area contributed by atoms with Gasteiger partial charge in [-0.25, -0.2) is 0 Å². The number of piperidine rings is 1. The molecule has 0 radical (unpaired) electrons. The minimum atomic E-state index is -0.510. The molecule has 1 amide bonds. The molecule has 4 rings (SSSR count). The van der Waals surface area contributed by atoms with Crippen LogP contribution in [-0.4, -0.2) is 29.9 Å². The van der Waals surface area contributed by atoms with Crippen molar-refractivity contribution in [2.75, 3.05) is 13.1 Å². The Morgan fingerprint density at radius 1 is 0.933 bits per heavy atom. The number of carbonyl (C=O) groups is 1. The van der Waals surface area contributed by atoms with Gasteiger partial charge in [0.15, 0.2) is 0 Å². The van der Waals surface area contributed by atoms with Crippen LogP contribution in [0, 0.1) is 0 Å². The molecule has 1 heterocycles. The summed E-state index contributed by atoms with van der Waals surface area (Å²) in [5.41, 5.74) is 11.1. The second-order valence-electron chi connectivity index (χ2n) is 8.03. The van der Waals surface area contributed by atoms with Crippen molar-refractivity contribution >= 4 is 17.5 Å². The summed E-state index contributed by atoms with van der Waals surface area (Å²) in [4.78, 5) is 14.8. The minimum Gasteiger partial charge on any atom is -0.341 e. The molecule has 1 saturated heterocycles. The van der Waals surface area contributed by atoms with E-state index in [0.29, 0.717) is 17.4 Å². The van der Waals surface area contributed by atoms with Gasteiger partial charge in [-0.15, -0.1) is 0 Å². The molecule has 154 valence electrons. The zero-order valence-electron chi connectivity index (χ0n) is 17.0. The van der Waals surface area contributed by atoms with Gasteiger partial charge >= 0.3 is 0 Å². The number of rotatable bonds is 5. The Kier molecular flexibility index (Phi) is 6.51. The number of amides is 1. The molecule has 4 heteroatoms. The van der Waals surface area contributed by atoms with Crippen molar-refractivity contribution in [2.45, 2.75) is 31.2 Å². The fraction of sp³-hybridized carbons (Fsp3) is 0.269. The van der Waals surface area contributed by atoms with Crippen LogP contribution in [0.4, 0.5) is 0 Å². The minimum absolute atomic E-state index is 0.0430. The van der Waals surface area contributed by atoms with Crippen LogP contribution in [-0.2, 0) is 11.2 Å². The Balaban J connectivity index is 1.35. The molecule has 1 aliphatic rings. The molecule has 3 aromatic carbocycles. The van der Waals surface area contributed by atoms with Crippen LogP contribution in [0.1, 0.15) is 29.9 Å². The maximum atomic E-state index is 12.8. The van der Waals surface area contributed by atoms with Crippen LogP contribution < -0.4 is 5.73 Å². The third-order valence-electron chi connectivity index (χ3n) is 5.96. The van der Waals surface area contributed by atoms with Gasteiger partial charge in [-0.05, 0) is 59.6 Å². The predicted octanol–water partition coefficient (Wildman–Crippen LogP) is 5.28. The summed E-state index contributed by atoms with van der Waals surface area (Å²) in [5, 5.41) is 0.692. The summed E-state index contributed by atoms with van der Waals surface area (Å²) in [7, 11) is 0. The number of nitrogens with two attached hydrogens (primary N) is 1.